The van der Waals surface area contributed by atoms with Gasteiger partial charge in [-0.3, -0.25) is 4.79 Å². The topological polar surface area (TPSA) is 55.4 Å². The van der Waals surface area contributed by atoms with Crippen LogP contribution in [0.4, 0.5) is 5.00 Å². The van der Waals surface area contributed by atoms with E-state index in [0.29, 0.717) is 15.4 Å². The number of esters is 1. The Morgan fingerprint density at radius 3 is 2.52 bits per heavy atom. The van der Waals surface area contributed by atoms with E-state index in [-0.39, 0.29) is 12.5 Å². The molecule has 1 amide bonds. The number of carbonyl (C=O) groups is 2. The van der Waals surface area contributed by atoms with Crippen molar-refractivity contribution in [3.8, 4) is 11.1 Å². The highest BCUT2D eigenvalue weighted by molar-refractivity contribution is 7.15. The van der Waals surface area contributed by atoms with Crippen LogP contribution in [0.3, 0.4) is 0 Å². The molecule has 0 aliphatic carbocycles. The molecule has 1 N–H and O–H groups in total. The second-order valence-corrected chi connectivity index (χ2v) is 7.20. The Morgan fingerprint density at radius 1 is 1.12 bits per heavy atom. The Bertz CT molecular complexity index is 880. The second kappa shape index (κ2) is 7.63. The van der Waals surface area contributed by atoms with E-state index in [1.54, 1.807) is 13.0 Å². The van der Waals surface area contributed by atoms with Crippen LogP contribution in [0, 0.1) is 6.92 Å². The van der Waals surface area contributed by atoms with Crippen molar-refractivity contribution in [2.75, 3.05) is 11.9 Å². The molecular formula is C19H17NO3S2. The van der Waals surface area contributed by atoms with Crippen LogP contribution in [0.2, 0.25) is 0 Å². The summed E-state index contributed by atoms with van der Waals surface area (Å²) in [6.07, 6.45) is 0. The fourth-order valence-corrected chi connectivity index (χ4v) is 3.95. The van der Waals surface area contributed by atoms with E-state index in [9.17, 15) is 9.59 Å². The Balaban J connectivity index is 1.99. The van der Waals surface area contributed by atoms with Crippen molar-refractivity contribution >= 4 is 39.6 Å². The van der Waals surface area contributed by atoms with Gasteiger partial charge in [-0.2, -0.15) is 0 Å². The molecule has 0 fully saturated rings. The summed E-state index contributed by atoms with van der Waals surface area (Å²) >= 11 is 2.68. The third-order valence-corrected chi connectivity index (χ3v) is 5.37. The van der Waals surface area contributed by atoms with Gasteiger partial charge >= 0.3 is 5.97 Å². The summed E-state index contributed by atoms with van der Waals surface area (Å²) < 4.78 is 5.20. The summed E-state index contributed by atoms with van der Waals surface area (Å²) in [7, 11) is 0. The number of benzene rings is 1. The average Bonchev–Trinajstić information content (AvgIpc) is 3.25. The monoisotopic (exact) mass is 371 g/mol. The van der Waals surface area contributed by atoms with Gasteiger partial charge in [0.15, 0.2) is 0 Å². The number of carbonyl (C=O) groups excluding carboxylic acids is 2. The molecule has 0 saturated heterocycles. The molecule has 25 heavy (non-hydrogen) atoms. The highest BCUT2D eigenvalue weighted by Crippen LogP contribution is 2.36. The maximum Gasteiger partial charge on any atom is 0.341 e. The summed E-state index contributed by atoms with van der Waals surface area (Å²) in [5, 5.41) is 7.07. The highest BCUT2D eigenvalue weighted by Gasteiger charge is 2.23. The molecule has 6 heteroatoms. The molecule has 0 radical (unpaired) electrons. The van der Waals surface area contributed by atoms with Crippen molar-refractivity contribution in [3.63, 3.8) is 0 Å². The normalized spacial score (nSPS) is 10.5. The largest absolute Gasteiger partial charge is 0.462 e. The lowest BCUT2D eigenvalue weighted by atomic mass is 10.0. The number of hydrogen-bond donors (Lipinski definition) is 1. The van der Waals surface area contributed by atoms with Crippen LogP contribution in [0.1, 0.15) is 32.5 Å². The predicted molar refractivity (Wildman–Crippen MR) is 103 cm³/mol. The quantitative estimate of drug-likeness (QED) is 0.626. The van der Waals surface area contributed by atoms with Crippen molar-refractivity contribution < 1.29 is 14.3 Å². The molecule has 2 aromatic heterocycles. The molecule has 3 rings (SSSR count). The Kier molecular flexibility index (Phi) is 5.31. The van der Waals surface area contributed by atoms with Crippen LogP contribution in [-0.4, -0.2) is 18.5 Å². The lowest BCUT2D eigenvalue weighted by Gasteiger charge is -2.08. The maximum absolute atomic E-state index is 12.5. The van der Waals surface area contributed by atoms with Gasteiger partial charge in [-0.05, 0) is 30.9 Å². The molecule has 0 unspecified atom stereocenters. The molecule has 4 nitrogen and oxygen atoms in total. The first-order valence-corrected chi connectivity index (χ1v) is 9.56. The zero-order valence-electron chi connectivity index (χ0n) is 13.9. The number of aryl methyl sites for hydroxylation is 1. The van der Waals surface area contributed by atoms with E-state index in [4.69, 9.17) is 4.74 Å². The van der Waals surface area contributed by atoms with Crippen LogP contribution in [0.15, 0.2) is 47.2 Å². The molecule has 0 spiro atoms. The van der Waals surface area contributed by atoms with Gasteiger partial charge in [0.2, 0.25) is 0 Å². The number of nitrogens with one attached hydrogen (secondary N) is 1. The number of anilines is 1. The van der Waals surface area contributed by atoms with Crippen LogP contribution in [-0.2, 0) is 4.74 Å². The molecule has 3 aromatic rings. The molecule has 0 atom stereocenters. The van der Waals surface area contributed by atoms with Gasteiger partial charge < -0.3 is 10.1 Å². The SMILES string of the molecule is CCOC(=O)c1c(-c2ccc(C)cc2)csc1NC(=O)c1cccs1. The summed E-state index contributed by atoms with van der Waals surface area (Å²) in [5.41, 5.74) is 3.23. The Hall–Kier alpha value is -2.44. The third-order valence-electron chi connectivity index (χ3n) is 3.61. The van der Waals surface area contributed by atoms with Gasteiger partial charge in [0.25, 0.3) is 5.91 Å². The summed E-state index contributed by atoms with van der Waals surface area (Å²) in [6.45, 7) is 4.05. The van der Waals surface area contributed by atoms with Gasteiger partial charge in [-0.15, -0.1) is 22.7 Å². The number of amides is 1. The minimum atomic E-state index is -0.430. The molecule has 0 aliphatic rings. The molecule has 0 bridgehead atoms. The fourth-order valence-electron chi connectivity index (χ4n) is 2.37. The minimum absolute atomic E-state index is 0.224. The van der Waals surface area contributed by atoms with E-state index < -0.39 is 5.97 Å². The van der Waals surface area contributed by atoms with E-state index >= 15 is 0 Å². The van der Waals surface area contributed by atoms with Gasteiger partial charge in [-0.25, -0.2) is 4.79 Å². The molecule has 0 saturated carbocycles. The minimum Gasteiger partial charge on any atom is -0.462 e. The van der Waals surface area contributed by atoms with E-state index in [2.05, 4.69) is 5.32 Å². The second-order valence-electron chi connectivity index (χ2n) is 5.37. The van der Waals surface area contributed by atoms with Crippen LogP contribution in [0.25, 0.3) is 11.1 Å². The summed E-state index contributed by atoms with van der Waals surface area (Å²) in [6, 6.07) is 11.5. The lowest BCUT2D eigenvalue weighted by Crippen LogP contribution is -2.13. The van der Waals surface area contributed by atoms with E-state index in [0.717, 1.165) is 16.7 Å². The molecular weight excluding hydrogens is 354 g/mol. The van der Waals surface area contributed by atoms with Crippen LogP contribution < -0.4 is 5.32 Å². The van der Waals surface area contributed by atoms with Crippen molar-refractivity contribution in [2.24, 2.45) is 0 Å². The molecule has 128 valence electrons. The van der Waals surface area contributed by atoms with Crippen molar-refractivity contribution in [2.45, 2.75) is 13.8 Å². The van der Waals surface area contributed by atoms with Gasteiger partial charge in [0.1, 0.15) is 10.6 Å². The predicted octanol–water partition coefficient (Wildman–Crippen LogP) is 5.21. The number of hydrogen-bond acceptors (Lipinski definition) is 5. The maximum atomic E-state index is 12.5. The average molecular weight is 371 g/mol. The third kappa shape index (κ3) is 3.81. The zero-order chi connectivity index (χ0) is 17.8. The number of rotatable bonds is 5. The van der Waals surface area contributed by atoms with Crippen LogP contribution in [0.5, 0.6) is 0 Å². The smallest absolute Gasteiger partial charge is 0.341 e. The molecule has 1 aromatic carbocycles. The van der Waals surface area contributed by atoms with Crippen molar-refractivity contribution in [1.29, 1.82) is 0 Å². The Labute approximate surface area is 154 Å². The Morgan fingerprint density at radius 2 is 1.88 bits per heavy atom. The van der Waals surface area contributed by atoms with Crippen molar-refractivity contribution in [1.82, 2.24) is 0 Å². The van der Waals surface area contributed by atoms with E-state index in [1.807, 2.05) is 48.0 Å². The first-order chi connectivity index (χ1) is 12.1. The first kappa shape index (κ1) is 17.4. The first-order valence-electron chi connectivity index (χ1n) is 7.80. The summed E-state index contributed by atoms with van der Waals surface area (Å²) in [4.78, 5) is 25.4. The van der Waals surface area contributed by atoms with Crippen LogP contribution >= 0.6 is 22.7 Å². The fraction of sp³-hybridized carbons (Fsp3) is 0.158. The van der Waals surface area contributed by atoms with Gasteiger partial charge in [0.05, 0.1) is 11.5 Å². The number of thiophene rings is 2. The van der Waals surface area contributed by atoms with Gasteiger partial charge in [-0.1, -0.05) is 35.9 Å². The lowest BCUT2D eigenvalue weighted by molar-refractivity contribution is 0.0529. The van der Waals surface area contributed by atoms with Gasteiger partial charge in [0, 0.05) is 10.9 Å². The van der Waals surface area contributed by atoms with Crippen molar-refractivity contribution in [3.05, 3.63) is 63.2 Å². The van der Waals surface area contributed by atoms with E-state index in [1.165, 1.54) is 22.7 Å². The standard InChI is InChI=1S/C19H17NO3S2/c1-3-23-19(22)16-14(13-8-6-12(2)7-9-13)11-25-18(16)20-17(21)15-5-4-10-24-15/h4-11H,3H2,1-2H3,(H,20,21). The summed E-state index contributed by atoms with van der Waals surface area (Å²) in [5.74, 6) is -0.654. The highest BCUT2D eigenvalue weighted by atomic mass is 32.1. The molecule has 0 aliphatic heterocycles. The number of ether oxygens (including phenoxy) is 1. The zero-order valence-corrected chi connectivity index (χ0v) is 15.5. The molecule has 2 heterocycles.